The molecule has 1 N–H and O–H groups in total. The third-order valence-corrected chi connectivity index (χ3v) is 3.56. The van der Waals surface area contributed by atoms with Crippen LogP contribution in [-0.2, 0) is 11.3 Å². The van der Waals surface area contributed by atoms with Gasteiger partial charge in [-0.25, -0.2) is 0 Å². The Balaban J connectivity index is 1.89. The molecule has 4 nitrogen and oxygen atoms in total. The lowest BCUT2D eigenvalue weighted by atomic mass is 9.99. The van der Waals surface area contributed by atoms with Crippen molar-refractivity contribution in [3.8, 4) is 0 Å². The van der Waals surface area contributed by atoms with E-state index in [1.807, 2.05) is 18.1 Å². The molecule has 1 saturated carbocycles. The standard InChI is InChI=1S/C13H21N3O/c1-16(10-11-8-14-15-9-11)13(17)12-6-4-2-3-5-7-12/h8-9,12H,2-7,10H2,1H3,(H,14,15). The smallest absolute Gasteiger partial charge is 0.225 e. The molecule has 17 heavy (non-hydrogen) atoms. The van der Waals surface area contributed by atoms with Crippen molar-refractivity contribution in [1.82, 2.24) is 15.1 Å². The van der Waals surface area contributed by atoms with E-state index in [9.17, 15) is 4.79 Å². The van der Waals surface area contributed by atoms with Gasteiger partial charge in [0.15, 0.2) is 0 Å². The van der Waals surface area contributed by atoms with Gasteiger partial charge >= 0.3 is 0 Å². The second kappa shape index (κ2) is 5.84. The molecule has 0 aliphatic heterocycles. The highest BCUT2D eigenvalue weighted by Crippen LogP contribution is 2.24. The highest BCUT2D eigenvalue weighted by Gasteiger charge is 2.23. The third-order valence-electron chi connectivity index (χ3n) is 3.56. The topological polar surface area (TPSA) is 49.0 Å². The van der Waals surface area contributed by atoms with E-state index >= 15 is 0 Å². The molecule has 94 valence electrons. The average molecular weight is 235 g/mol. The van der Waals surface area contributed by atoms with E-state index in [-0.39, 0.29) is 5.92 Å². The number of H-pyrrole nitrogens is 1. The van der Waals surface area contributed by atoms with Crippen molar-refractivity contribution in [2.24, 2.45) is 5.92 Å². The van der Waals surface area contributed by atoms with Crippen LogP contribution in [0, 0.1) is 5.92 Å². The van der Waals surface area contributed by atoms with Crippen LogP contribution in [0.1, 0.15) is 44.1 Å². The lowest BCUT2D eigenvalue weighted by Crippen LogP contribution is -2.32. The van der Waals surface area contributed by atoms with E-state index in [0.717, 1.165) is 18.4 Å². The molecule has 4 heteroatoms. The number of amides is 1. The number of hydrogen-bond donors (Lipinski definition) is 1. The minimum Gasteiger partial charge on any atom is -0.341 e. The monoisotopic (exact) mass is 235 g/mol. The van der Waals surface area contributed by atoms with Crippen LogP contribution in [0.25, 0.3) is 0 Å². The molecule has 2 rings (SSSR count). The van der Waals surface area contributed by atoms with Crippen molar-refractivity contribution >= 4 is 5.91 Å². The Hall–Kier alpha value is -1.32. The van der Waals surface area contributed by atoms with Crippen molar-refractivity contribution < 1.29 is 4.79 Å². The Kier molecular flexibility index (Phi) is 4.18. The summed E-state index contributed by atoms with van der Waals surface area (Å²) in [6, 6.07) is 0. The molecule has 0 bridgehead atoms. The lowest BCUT2D eigenvalue weighted by Gasteiger charge is -2.22. The van der Waals surface area contributed by atoms with E-state index in [2.05, 4.69) is 10.2 Å². The average Bonchev–Trinajstić information content (AvgIpc) is 2.68. The molecular weight excluding hydrogens is 214 g/mol. The lowest BCUT2D eigenvalue weighted by molar-refractivity contribution is -0.135. The van der Waals surface area contributed by atoms with Gasteiger partial charge in [0.2, 0.25) is 5.91 Å². The molecule has 1 aromatic rings. The normalized spacial score (nSPS) is 17.7. The Morgan fingerprint density at radius 1 is 1.41 bits per heavy atom. The fraction of sp³-hybridized carbons (Fsp3) is 0.692. The van der Waals surface area contributed by atoms with E-state index < -0.39 is 0 Å². The zero-order valence-electron chi connectivity index (χ0n) is 10.5. The van der Waals surface area contributed by atoms with Crippen LogP contribution in [0.2, 0.25) is 0 Å². The van der Waals surface area contributed by atoms with E-state index in [1.165, 1.54) is 25.7 Å². The fourth-order valence-corrected chi connectivity index (χ4v) is 2.55. The van der Waals surface area contributed by atoms with Gasteiger partial charge in [-0.1, -0.05) is 25.7 Å². The Morgan fingerprint density at radius 2 is 2.12 bits per heavy atom. The second-order valence-electron chi connectivity index (χ2n) is 4.99. The van der Waals surface area contributed by atoms with Gasteiger partial charge in [0.05, 0.1) is 6.20 Å². The van der Waals surface area contributed by atoms with Crippen LogP contribution in [0.4, 0.5) is 0 Å². The van der Waals surface area contributed by atoms with Gasteiger partial charge in [-0.05, 0) is 12.8 Å². The summed E-state index contributed by atoms with van der Waals surface area (Å²) in [4.78, 5) is 14.1. The molecule has 1 aliphatic rings. The minimum atomic E-state index is 0.245. The molecular formula is C13H21N3O. The maximum atomic E-state index is 12.3. The van der Waals surface area contributed by atoms with Crippen LogP contribution >= 0.6 is 0 Å². The summed E-state index contributed by atoms with van der Waals surface area (Å²) in [7, 11) is 1.89. The fourth-order valence-electron chi connectivity index (χ4n) is 2.55. The maximum Gasteiger partial charge on any atom is 0.225 e. The summed E-state index contributed by atoms with van der Waals surface area (Å²) in [6.07, 6.45) is 10.7. The quantitative estimate of drug-likeness (QED) is 0.817. The summed E-state index contributed by atoms with van der Waals surface area (Å²) >= 11 is 0. The first-order valence-electron chi connectivity index (χ1n) is 6.50. The molecule has 0 unspecified atom stereocenters. The first-order chi connectivity index (χ1) is 8.27. The number of nitrogens with zero attached hydrogens (tertiary/aromatic N) is 2. The molecule has 0 spiro atoms. The van der Waals surface area contributed by atoms with E-state index in [4.69, 9.17) is 0 Å². The zero-order chi connectivity index (χ0) is 12.1. The van der Waals surface area contributed by atoms with E-state index in [0.29, 0.717) is 12.5 Å². The van der Waals surface area contributed by atoms with Crippen molar-refractivity contribution in [2.45, 2.75) is 45.1 Å². The van der Waals surface area contributed by atoms with Crippen molar-refractivity contribution in [1.29, 1.82) is 0 Å². The Bertz CT molecular complexity index is 340. The summed E-state index contributed by atoms with van der Waals surface area (Å²) in [5.74, 6) is 0.544. The number of aromatic nitrogens is 2. The number of nitrogens with one attached hydrogen (secondary N) is 1. The van der Waals surface area contributed by atoms with Crippen LogP contribution in [0.15, 0.2) is 12.4 Å². The van der Waals surface area contributed by atoms with Crippen molar-refractivity contribution in [3.63, 3.8) is 0 Å². The molecule has 1 amide bonds. The maximum absolute atomic E-state index is 12.3. The van der Waals surface area contributed by atoms with Crippen LogP contribution in [0.3, 0.4) is 0 Å². The highest BCUT2D eigenvalue weighted by atomic mass is 16.2. The first-order valence-corrected chi connectivity index (χ1v) is 6.50. The van der Waals surface area contributed by atoms with Crippen molar-refractivity contribution in [3.05, 3.63) is 18.0 Å². The SMILES string of the molecule is CN(Cc1cn[nH]c1)C(=O)C1CCCCCC1. The number of carbonyl (C=O) groups is 1. The first kappa shape index (κ1) is 12.1. The molecule has 0 atom stereocenters. The molecule has 0 saturated heterocycles. The summed E-state index contributed by atoms with van der Waals surface area (Å²) in [5.41, 5.74) is 1.06. The molecule has 1 aromatic heterocycles. The van der Waals surface area contributed by atoms with Gasteiger partial charge in [-0.2, -0.15) is 5.10 Å². The number of rotatable bonds is 3. The van der Waals surface area contributed by atoms with Gasteiger partial charge in [0, 0.05) is 31.3 Å². The van der Waals surface area contributed by atoms with Crippen molar-refractivity contribution in [2.75, 3.05) is 7.05 Å². The van der Waals surface area contributed by atoms with Gasteiger partial charge in [-0.15, -0.1) is 0 Å². The van der Waals surface area contributed by atoms with E-state index in [1.54, 1.807) is 6.20 Å². The third kappa shape index (κ3) is 3.32. The molecule has 0 radical (unpaired) electrons. The molecule has 0 aromatic carbocycles. The molecule has 1 heterocycles. The van der Waals surface area contributed by atoms with Gasteiger partial charge < -0.3 is 4.90 Å². The Morgan fingerprint density at radius 3 is 2.71 bits per heavy atom. The largest absolute Gasteiger partial charge is 0.341 e. The minimum absolute atomic E-state index is 0.245. The van der Waals surface area contributed by atoms with Gasteiger partial charge in [-0.3, -0.25) is 9.89 Å². The predicted molar refractivity (Wildman–Crippen MR) is 66.3 cm³/mol. The molecule has 1 fully saturated rings. The summed E-state index contributed by atoms with van der Waals surface area (Å²) in [5, 5.41) is 6.67. The summed E-state index contributed by atoms with van der Waals surface area (Å²) < 4.78 is 0. The zero-order valence-corrected chi connectivity index (χ0v) is 10.5. The number of aromatic amines is 1. The highest BCUT2D eigenvalue weighted by molar-refractivity contribution is 5.78. The predicted octanol–water partition coefficient (Wildman–Crippen LogP) is 2.34. The molecule has 1 aliphatic carbocycles. The Labute approximate surface area is 102 Å². The number of carbonyl (C=O) groups excluding carboxylic acids is 1. The van der Waals surface area contributed by atoms with Crippen LogP contribution in [0.5, 0.6) is 0 Å². The number of hydrogen-bond acceptors (Lipinski definition) is 2. The van der Waals surface area contributed by atoms with Gasteiger partial charge in [0.1, 0.15) is 0 Å². The second-order valence-corrected chi connectivity index (χ2v) is 4.99. The van der Waals surface area contributed by atoms with Crippen LogP contribution in [-0.4, -0.2) is 28.1 Å². The van der Waals surface area contributed by atoms with Gasteiger partial charge in [0.25, 0.3) is 0 Å². The summed E-state index contributed by atoms with van der Waals surface area (Å²) in [6.45, 7) is 0.659. The van der Waals surface area contributed by atoms with Crippen LogP contribution < -0.4 is 0 Å².